The number of rotatable bonds is 4. The number of esters is 1. The van der Waals surface area contributed by atoms with Crippen molar-refractivity contribution in [1.29, 1.82) is 0 Å². The van der Waals surface area contributed by atoms with Crippen molar-refractivity contribution in [1.82, 2.24) is 4.98 Å². The van der Waals surface area contributed by atoms with Gasteiger partial charge in [0.05, 0.1) is 12.2 Å². The highest BCUT2D eigenvalue weighted by molar-refractivity contribution is 6.03. The van der Waals surface area contributed by atoms with E-state index in [4.69, 9.17) is 4.74 Å². The SMILES string of the molecule is CCOC(=O)c1ccc(NC(=O)c2ccccn2)cc1. The lowest BCUT2D eigenvalue weighted by Gasteiger charge is -2.06. The van der Waals surface area contributed by atoms with Crippen LogP contribution in [-0.2, 0) is 4.74 Å². The van der Waals surface area contributed by atoms with E-state index in [0.717, 1.165) is 0 Å². The number of carbonyl (C=O) groups is 2. The van der Waals surface area contributed by atoms with Crippen LogP contribution < -0.4 is 5.32 Å². The van der Waals surface area contributed by atoms with E-state index in [1.54, 1.807) is 55.6 Å². The second kappa shape index (κ2) is 6.47. The molecule has 1 aromatic heterocycles. The lowest BCUT2D eigenvalue weighted by Crippen LogP contribution is -2.13. The van der Waals surface area contributed by atoms with Gasteiger partial charge in [0.25, 0.3) is 5.91 Å². The van der Waals surface area contributed by atoms with E-state index >= 15 is 0 Å². The molecule has 0 unspecified atom stereocenters. The van der Waals surface area contributed by atoms with E-state index in [9.17, 15) is 9.59 Å². The van der Waals surface area contributed by atoms with Crippen LogP contribution >= 0.6 is 0 Å². The zero-order chi connectivity index (χ0) is 14.4. The standard InChI is InChI=1S/C15H14N2O3/c1-2-20-15(19)11-6-8-12(9-7-11)17-14(18)13-5-3-4-10-16-13/h3-10H,2H2,1H3,(H,17,18). The Hall–Kier alpha value is -2.69. The first-order valence-corrected chi connectivity index (χ1v) is 6.20. The molecule has 0 aliphatic rings. The maximum atomic E-state index is 11.9. The molecule has 2 aromatic rings. The molecule has 0 aliphatic heterocycles. The maximum Gasteiger partial charge on any atom is 0.338 e. The molecule has 0 saturated carbocycles. The van der Waals surface area contributed by atoms with Crippen LogP contribution in [0.25, 0.3) is 0 Å². The molecule has 0 saturated heterocycles. The number of amides is 1. The van der Waals surface area contributed by atoms with Crippen LogP contribution in [0, 0.1) is 0 Å². The van der Waals surface area contributed by atoms with E-state index < -0.39 is 0 Å². The molecule has 1 N–H and O–H groups in total. The smallest absolute Gasteiger partial charge is 0.338 e. The highest BCUT2D eigenvalue weighted by Gasteiger charge is 2.08. The summed E-state index contributed by atoms with van der Waals surface area (Å²) in [5, 5.41) is 2.70. The molecule has 0 radical (unpaired) electrons. The summed E-state index contributed by atoms with van der Waals surface area (Å²) in [6.07, 6.45) is 1.55. The summed E-state index contributed by atoms with van der Waals surface area (Å²) in [7, 11) is 0. The van der Waals surface area contributed by atoms with Gasteiger partial charge in [-0.15, -0.1) is 0 Å². The maximum absolute atomic E-state index is 11.9. The van der Waals surface area contributed by atoms with Crippen molar-refractivity contribution in [2.24, 2.45) is 0 Å². The number of hydrogen-bond acceptors (Lipinski definition) is 4. The lowest BCUT2D eigenvalue weighted by atomic mass is 10.2. The van der Waals surface area contributed by atoms with Gasteiger partial charge in [-0.2, -0.15) is 0 Å². The second-order valence-corrected chi connectivity index (χ2v) is 3.97. The zero-order valence-corrected chi connectivity index (χ0v) is 11.0. The largest absolute Gasteiger partial charge is 0.462 e. The van der Waals surface area contributed by atoms with Crippen molar-refractivity contribution in [2.75, 3.05) is 11.9 Å². The van der Waals surface area contributed by atoms with Gasteiger partial charge in [-0.3, -0.25) is 9.78 Å². The predicted molar refractivity (Wildman–Crippen MR) is 74.6 cm³/mol. The number of hydrogen-bond donors (Lipinski definition) is 1. The van der Waals surface area contributed by atoms with Crippen LogP contribution in [0.5, 0.6) is 0 Å². The fourth-order valence-electron chi connectivity index (χ4n) is 1.60. The van der Waals surface area contributed by atoms with E-state index in [0.29, 0.717) is 23.6 Å². The molecule has 0 fully saturated rings. The number of benzene rings is 1. The Morgan fingerprint density at radius 3 is 2.50 bits per heavy atom. The quantitative estimate of drug-likeness (QED) is 0.867. The van der Waals surface area contributed by atoms with Gasteiger partial charge < -0.3 is 10.1 Å². The molecule has 0 bridgehead atoms. The molecule has 0 aliphatic carbocycles. The number of pyridine rings is 1. The van der Waals surface area contributed by atoms with Gasteiger partial charge in [0, 0.05) is 11.9 Å². The van der Waals surface area contributed by atoms with Crippen molar-refractivity contribution in [3.8, 4) is 0 Å². The third-order valence-electron chi connectivity index (χ3n) is 2.55. The topological polar surface area (TPSA) is 68.3 Å². The minimum absolute atomic E-state index is 0.297. The van der Waals surface area contributed by atoms with Crippen LogP contribution in [0.1, 0.15) is 27.8 Å². The summed E-state index contributed by atoms with van der Waals surface area (Å²) in [4.78, 5) is 27.3. The number of nitrogens with zero attached hydrogens (tertiary/aromatic N) is 1. The Morgan fingerprint density at radius 1 is 1.15 bits per heavy atom. The summed E-state index contributed by atoms with van der Waals surface area (Å²) in [6.45, 7) is 2.08. The van der Waals surface area contributed by atoms with Crippen molar-refractivity contribution in [2.45, 2.75) is 6.92 Å². The third-order valence-corrected chi connectivity index (χ3v) is 2.55. The van der Waals surface area contributed by atoms with E-state index in [1.165, 1.54) is 0 Å². The van der Waals surface area contributed by atoms with Crippen LogP contribution in [0.15, 0.2) is 48.7 Å². The highest BCUT2D eigenvalue weighted by Crippen LogP contribution is 2.11. The minimum atomic E-state index is -0.380. The Balaban J connectivity index is 2.04. The van der Waals surface area contributed by atoms with Gasteiger partial charge in [-0.1, -0.05) is 6.07 Å². The third kappa shape index (κ3) is 3.41. The highest BCUT2D eigenvalue weighted by atomic mass is 16.5. The number of carbonyl (C=O) groups excluding carboxylic acids is 2. The first-order chi connectivity index (χ1) is 9.70. The first-order valence-electron chi connectivity index (χ1n) is 6.20. The molecular weight excluding hydrogens is 256 g/mol. The molecule has 1 amide bonds. The van der Waals surface area contributed by atoms with Crippen molar-refractivity contribution in [3.05, 3.63) is 59.9 Å². The molecular formula is C15H14N2O3. The second-order valence-electron chi connectivity index (χ2n) is 3.97. The zero-order valence-electron chi connectivity index (χ0n) is 11.0. The van der Waals surface area contributed by atoms with Gasteiger partial charge in [-0.25, -0.2) is 4.79 Å². The monoisotopic (exact) mass is 270 g/mol. The molecule has 102 valence electrons. The summed E-state index contributed by atoms with van der Waals surface area (Å²) in [5.41, 5.74) is 1.37. The number of aromatic nitrogens is 1. The summed E-state index contributed by atoms with van der Waals surface area (Å²) in [6, 6.07) is 11.6. The van der Waals surface area contributed by atoms with Crippen LogP contribution in [0.3, 0.4) is 0 Å². The molecule has 5 nitrogen and oxygen atoms in total. The average Bonchev–Trinajstić information content (AvgIpc) is 2.49. The minimum Gasteiger partial charge on any atom is -0.462 e. The van der Waals surface area contributed by atoms with Crippen molar-refractivity contribution in [3.63, 3.8) is 0 Å². The number of ether oxygens (including phenoxy) is 1. The fourth-order valence-corrected chi connectivity index (χ4v) is 1.60. The van der Waals surface area contributed by atoms with Crippen LogP contribution in [0.2, 0.25) is 0 Å². The van der Waals surface area contributed by atoms with Gasteiger partial charge >= 0.3 is 5.97 Å². The van der Waals surface area contributed by atoms with E-state index in [-0.39, 0.29) is 11.9 Å². The van der Waals surface area contributed by atoms with Crippen LogP contribution in [-0.4, -0.2) is 23.5 Å². The summed E-state index contributed by atoms with van der Waals surface area (Å²) < 4.78 is 4.88. The Kier molecular flexibility index (Phi) is 4.44. The van der Waals surface area contributed by atoms with E-state index in [1.807, 2.05) is 0 Å². The van der Waals surface area contributed by atoms with Gasteiger partial charge in [0.1, 0.15) is 5.69 Å². The van der Waals surface area contributed by atoms with Crippen LogP contribution in [0.4, 0.5) is 5.69 Å². The number of nitrogens with one attached hydrogen (secondary N) is 1. The Morgan fingerprint density at radius 2 is 1.90 bits per heavy atom. The predicted octanol–water partition coefficient (Wildman–Crippen LogP) is 2.51. The number of anilines is 1. The van der Waals surface area contributed by atoms with Gasteiger partial charge in [-0.05, 0) is 43.3 Å². The lowest BCUT2D eigenvalue weighted by molar-refractivity contribution is 0.0526. The molecule has 2 rings (SSSR count). The molecule has 1 aromatic carbocycles. The normalized spacial score (nSPS) is 9.85. The molecule has 1 heterocycles. The van der Waals surface area contributed by atoms with Gasteiger partial charge in [0.2, 0.25) is 0 Å². The molecule has 0 spiro atoms. The van der Waals surface area contributed by atoms with E-state index in [2.05, 4.69) is 10.3 Å². The Bertz CT molecular complexity index is 594. The summed E-state index contributed by atoms with van der Waals surface area (Å²) in [5.74, 6) is -0.676. The Labute approximate surface area is 116 Å². The molecule has 20 heavy (non-hydrogen) atoms. The summed E-state index contributed by atoms with van der Waals surface area (Å²) >= 11 is 0. The fraction of sp³-hybridized carbons (Fsp3) is 0.133. The molecule has 0 atom stereocenters. The van der Waals surface area contributed by atoms with Crippen molar-refractivity contribution >= 4 is 17.6 Å². The average molecular weight is 270 g/mol. The van der Waals surface area contributed by atoms with Crippen molar-refractivity contribution < 1.29 is 14.3 Å². The first kappa shape index (κ1) is 13.7. The van der Waals surface area contributed by atoms with Gasteiger partial charge in [0.15, 0.2) is 0 Å². The molecule has 5 heteroatoms.